The van der Waals surface area contributed by atoms with E-state index in [0.717, 1.165) is 30.1 Å². The van der Waals surface area contributed by atoms with Gasteiger partial charge in [0.05, 0.1) is 19.7 Å². The zero-order valence-corrected chi connectivity index (χ0v) is 20.9. The minimum absolute atomic E-state index is 0. The largest absolute Gasteiger partial charge is 0.494 e. The van der Waals surface area contributed by atoms with E-state index in [0.29, 0.717) is 37.3 Å². The van der Waals surface area contributed by atoms with Crippen LogP contribution in [0.25, 0.3) is 0 Å². The molecular formula is C22H30IN7O2. The average molecular weight is 551 g/mol. The first kappa shape index (κ1) is 25.4. The van der Waals surface area contributed by atoms with Gasteiger partial charge in [-0.15, -0.1) is 24.0 Å². The van der Waals surface area contributed by atoms with Crippen LogP contribution in [0.4, 0.5) is 0 Å². The molecule has 0 radical (unpaired) electrons. The molecule has 172 valence electrons. The predicted molar refractivity (Wildman–Crippen MR) is 135 cm³/mol. The van der Waals surface area contributed by atoms with Crippen LogP contribution < -0.4 is 20.1 Å². The maximum absolute atomic E-state index is 6.00. The summed E-state index contributed by atoms with van der Waals surface area (Å²) in [6, 6.07) is 11.4. The van der Waals surface area contributed by atoms with Crippen molar-refractivity contribution >= 4 is 29.9 Å². The van der Waals surface area contributed by atoms with E-state index < -0.39 is 0 Å². The lowest BCUT2D eigenvalue weighted by molar-refractivity contribution is 0.317. The topological polar surface area (TPSA) is 98.5 Å². The summed E-state index contributed by atoms with van der Waals surface area (Å²) < 4.78 is 13.3. The summed E-state index contributed by atoms with van der Waals surface area (Å²) in [7, 11) is 1.86. The predicted octanol–water partition coefficient (Wildman–Crippen LogP) is 3.66. The molecule has 32 heavy (non-hydrogen) atoms. The van der Waals surface area contributed by atoms with E-state index >= 15 is 0 Å². The fraction of sp³-hybridized carbons (Fsp3) is 0.364. The normalized spacial score (nSPS) is 10.9. The molecule has 0 aliphatic rings. The molecule has 0 spiro atoms. The zero-order chi connectivity index (χ0) is 21.9. The highest BCUT2D eigenvalue weighted by Gasteiger charge is 2.08. The summed E-state index contributed by atoms with van der Waals surface area (Å²) in [6.45, 7) is 6.47. The summed E-state index contributed by atoms with van der Waals surface area (Å²) in [5.74, 6) is 3.54. The number of halogens is 1. The summed E-state index contributed by atoms with van der Waals surface area (Å²) in [5, 5.41) is 10.6. The fourth-order valence-corrected chi connectivity index (χ4v) is 2.72. The van der Waals surface area contributed by atoms with Gasteiger partial charge in [0, 0.05) is 25.4 Å². The number of rotatable bonds is 10. The van der Waals surface area contributed by atoms with E-state index in [-0.39, 0.29) is 24.0 Å². The third kappa shape index (κ3) is 7.66. The van der Waals surface area contributed by atoms with Gasteiger partial charge >= 0.3 is 0 Å². The molecule has 0 aliphatic carbocycles. The Morgan fingerprint density at radius 2 is 1.84 bits per heavy atom. The van der Waals surface area contributed by atoms with Crippen LogP contribution in [0.5, 0.6) is 17.4 Å². The number of aliphatic imine (C=N–C) groups is 1. The van der Waals surface area contributed by atoms with Crippen LogP contribution in [-0.2, 0) is 20.1 Å². The molecule has 2 heterocycles. The molecule has 2 aromatic heterocycles. The van der Waals surface area contributed by atoms with Crippen LogP contribution in [0.15, 0.2) is 53.9 Å². The lowest BCUT2D eigenvalue weighted by Crippen LogP contribution is -2.37. The summed E-state index contributed by atoms with van der Waals surface area (Å²) in [4.78, 5) is 13.3. The zero-order valence-electron chi connectivity index (χ0n) is 18.6. The van der Waals surface area contributed by atoms with Crippen molar-refractivity contribution in [3.63, 3.8) is 0 Å². The first-order valence-electron chi connectivity index (χ1n) is 10.4. The van der Waals surface area contributed by atoms with Crippen LogP contribution in [0.3, 0.4) is 0 Å². The lowest BCUT2D eigenvalue weighted by Gasteiger charge is -2.12. The van der Waals surface area contributed by atoms with Crippen molar-refractivity contribution in [2.75, 3.05) is 13.2 Å². The van der Waals surface area contributed by atoms with Crippen molar-refractivity contribution in [2.45, 2.75) is 33.4 Å². The molecular weight excluding hydrogens is 521 g/mol. The molecule has 0 atom stereocenters. The van der Waals surface area contributed by atoms with Crippen LogP contribution in [0, 0.1) is 0 Å². The second-order valence-corrected chi connectivity index (χ2v) is 6.74. The monoisotopic (exact) mass is 551 g/mol. The van der Waals surface area contributed by atoms with Crippen molar-refractivity contribution < 1.29 is 9.47 Å². The molecule has 2 N–H and O–H groups in total. The van der Waals surface area contributed by atoms with Crippen LogP contribution in [0.2, 0.25) is 0 Å². The van der Waals surface area contributed by atoms with Crippen LogP contribution in [-0.4, -0.2) is 38.9 Å². The molecule has 0 amide bonds. The van der Waals surface area contributed by atoms with E-state index in [1.807, 2.05) is 50.4 Å². The van der Waals surface area contributed by atoms with Gasteiger partial charge in [0.15, 0.2) is 5.96 Å². The van der Waals surface area contributed by atoms with Crippen LogP contribution >= 0.6 is 24.0 Å². The Kier molecular flexibility index (Phi) is 10.7. The van der Waals surface area contributed by atoms with Gasteiger partial charge in [-0.05, 0) is 43.7 Å². The molecule has 0 unspecified atom stereocenters. The third-order valence-corrected chi connectivity index (χ3v) is 4.33. The number of hydrogen-bond acceptors (Lipinski definition) is 6. The lowest BCUT2D eigenvalue weighted by atomic mass is 10.2. The minimum atomic E-state index is 0. The van der Waals surface area contributed by atoms with Gasteiger partial charge in [-0.25, -0.2) is 15.0 Å². The molecule has 0 saturated heterocycles. The van der Waals surface area contributed by atoms with Crippen LogP contribution in [0.1, 0.15) is 31.7 Å². The van der Waals surface area contributed by atoms with E-state index in [9.17, 15) is 0 Å². The second-order valence-electron chi connectivity index (χ2n) is 6.74. The Balaban J connectivity index is 0.00000363. The number of aryl methyl sites for hydroxylation is 1. The van der Waals surface area contributed by atoms with Crippen molar-refractivity contribution in [1.29, 1.82) is 0 Å². The van der Waals surface area contributed by atoms with Gasteiger partial charge in [0.1, 0.15) is 23.7 Å². The number of nitrogens with one attached hydrogen (secondary N) is 2. The SMILES string of the molecule is CCCOc1ccc(Oc2ncccc2CN=C(NCC)NCc2ncnn2C)cc1.I. The summed E-state index contributed by atoms with van der Waals surface area (Å²) >= 11 is 0. The van der Waals surface area contributed by atoms with E-state index in [2.05, 4.69) is 37.6 Å². The molecule has 0 saturated carbocycles. The molecule has 9 nitrogen and oxygen atoms in total. The van der Waals surface area contributed by atoms with E-state index in [1.165, 1.54) is 6.33 Å². The second kappa shape index (κ2) is 13.5. The maximum Gasteiger partial charge on any atom is 0.224 e. The fourth-order valence-electron chi connectivity index (χ4n) is 2.72. The van der Waals surface area contributed by atoms with Gasteiger partial charge in [0.2, 0.25) is 5.88 Å². The van der Waals surface area contributed by atoms with Gasteiger partial charge in [-0.1, -0.05) is 13.0 Å². The van der Waals surface area contributed by atoms with Gasteiger partial charge < -0.3 is 20.1 Å². The Morgan fingerprint density at radius 3 is 2.53 bits per heavy atom. The van der Waals surface area contributed by atoms with Crippen molar-refractivity contribution in [3.05, 3.63) is 60.3 Å². The average Bonchev–Trinajstić information content (AvgIpc) is 3.20. The number of nitrogens with zero attached hydrogens (tertiary/aromatic N) is 5. The Hall–Kier alpha value is -2.89. The highest BCUT2D eigenvalue weighted by Crippen LogP contribution is 2.25. The molecule has 0 fully saturated rings. The van der Waals surface area contributed by atoms with Crippen molar-refractivity contribution in [3.8, 4) is 17.4 Å². The van der Waals surface area contributed by atoms with Crippen molar-refractivity contribution in [1.82, 2.24) is 30.4 Å². The number of hydrogen-bond donors (Lipinski definition) is 2. The smallest absolute Gasteiger partial charge is 0.224 e. The minimum Gasteiger partial charge on any atom is -0.494 e. The number of ether oxygens (including phenoxy) is 2. The third-order valence-electron chi connectivity index (χ3n) is 4.33. The molecule has 0 aliphatic heterocycles. The molecule has 3 aromatic rings. The quantitative estimate of drug-likeness (QED) is 0.226. The summed E-state index contributed by atoms with van der Waals surface area (Å²) in [5.41, 5.74) is 0.879. The molecule has 10 heteroatoms. The standard InChI is InChI=1S/C22H29N7O2.HI/c1-4-13-30-18-8-10-19(11-9-18)31-21-17(7-6-12-24-21)14-25-22(23-5-2)26-15-20-27-16-28-29(20)3;/h6-12,16H,4-5,13-15H2,1-3H3,(H2,23,25,26);1H. The first-order chi connectivity index (χ1) is 15.2. The molecule has 1 aromatic carbocycles. The Labute approximate surface area is 205 Å². The molecule has 0 bridgehead atoms. The van der Waals surface area contributed by atoms with E-state index in [4.69, 9.17) is 9.47 Å². The number of aromatic nitrogens is 4. The van der Waals surface area contributed by atoms with Gasteiger partial charge in [-0.2, -0.15) is 5.10 Å². The number of pyridine rings is 1. The Morgan fingerprint density at radius 1 is 1.06 bits per heavy atom. The molecule has 3 rings (SSSR count). The maximum atomic E-state index is 6.00. The summed E-state index contributed by atoms with van der Waals surface area (Å²) in [6.07, 6.45) is 4.21. The van der Waals surface area contributed by atoms with E-state index in [1.54, 1.807) is 10.9 Å². The highest BCUT2D eigenvalue weighted by molar-refractivity contribution is 14.0. The van der Waals surface area contributed by atoms with Crippen molar-refractivity contribution in [2.24, 2.45) is 12.0 Å². The van der Waals surface area contributed by atoms with Gasteiger partial charge in [-0.3, -0.25) is 4.68 Å². The number of guanidine groups is 1. The van der Waals surface area contributed by atoms with Gasteiger partial charge in [0.25, 0.3) is 0 Å². The Bertz CT molecular complexity index is 976. The first-order valence-corrected chi connectivity index (χ1v) is 10.4. The number of benzene rings is 1. The highest BCUT2D eigenvalue weighted by atomic mass is 127.